The summed E-state index contributed by atoms with van der Waals surface area (Å²) < 4.78 is 13.8. The van der Waals surface area contributed by atoms with Gasteiger partial charge in [0.25, 0.3) is 0 Å². The molecule has 1 rings (SSSR count). The maximum Gasteiger partial charge on any atom is 0.148 e. The van der Waals surface area contributed by atoms with Gasteiger partial charge in [0, 0.05) is 17.0 Å². The Hall–Kier alpha value is -0.900. The van der Waals surface area contributed by atoms with Crippen LogP contribution in [0.5, 0.6) is 0 Å². The van der Waals surface area contributed by atoms with Crippen LogP contribution in [0.25, 0.3) is 0 Å². The van der Waals surface area contributed by atoms with E-state index in [2.05, 4.69) is 25.4 Å². The fourth-order valence-electron chi connectivity index (χ4n) is 1.79. The van der Waals surface area contributed by atoms with Crippen molar-refractivity contribution in [3.8, 4) is 0 Å². The summed E-state index contributed by atoms with van der Waals surface area (Å²) >= 11 is 1.84. The van der Waals surface area contributed by atoms with Crippen molar-refractivity contribution in [3.05, 3.63) is 24.0 Å². The smallest absolute Gasteiger partial charge is 0.148 e. The standard InChI is InChI=1S/C13H21FN2S/c1-4-13(5-2,17-3)9-16-12-7-6-10(15)8-11(12)14/h6-8,16H,4-5,9,15H2,1-3H3. The minimum Gasteiger partial charge on any atom is -0.399 e. The highest BCUT2D eigenvalue weighted by molar-refractivity contribution is 8.00. The van der Waals surface area contributed by atoms with Crippen molar-refractivity contribution in [1.29, 1.82) is 0 Å². The zero-order valence-electron chi connectivity index (χ0n) is 10.7. The van der Waals surface area contributed by atoms with Crippen LogP contribution in [0.3, 0.4) is 0 Å². The fraction of sp³-hybridized carbons (Fsp3) is 0.538. The normalized spacial score (nSPS) is 11.5. The lowest BCUT2D eigenvalue weighted by Gasteiger charge is -2.30. The van der Waals surface area contributed by atoms with E-state index in [1.165, 1.54) is 6.07 Å². The zero-order chi connectivity index (χ0) is 12.9. The second-order valence-corrected chi connectivity index (χ2v) is 5.46. The number of rotatable bonds is 6. The molecule has 0 radical (unpaired) electrons. The molecule has 0 aliphatic heterocycles. The number of anilines is 2. The molecule has 0 saturated heterocycles. The minimum atomic E-state index is -0.285. The van der Waals surface area contributed by atoms with Gasteiger partial charge in [-0.1, -0.05) is 13.8 Å². The Kier molecular flexibility index (Phi) is 5.12. The summed E-state index contributed by atoms with van der Waals surface area (Å²) in [7, 11) is 0. The topological polar surface area (TPSA) is 38.0 Å². The van der Waals surface area contributed by atoms with Gasteiger partial charge in [-0.2, -0.15) is 11.8 Å². The van der Waals surface area contributed by atoms with Crippen molar-refractivity contribution >= 4 is 23.1 Å². The Morgan fingerprint density at radius 3 is 2.47 bits per heavy atom. The minimum absolute atomic E-state index is 0.174. The third kappa shape index (κ3) is 3.53. The predicted octanol–water partition coefficient (Wildman–Crippen LogP) is 3.74. The van der Waals surface area contributed by atoms with Gasteiger partial charge in [0.2, 0.25) is 0 Å². The molecule has 0 atom stereocenters. The monoisotopic (exact) mass is 256 g/mol. The highest BCUT2D eigenvalue weighted by Crippen LogP contribution is 2.31. The molecule has 0 spiro atoms. The van der Waals surface area contributed by atoms with E-state index >= 15 is 0 Å². The van der Waals surface area contributed by atoms with Gasteiger partial charge in [-0.05, 0) is 37.3 Å². The SMILES string of the molecule is CCC(CC)(CNc1ccc(N)cc1F)SC. The van der Waals surface area contributed by atoms with Crippen LogP contribution < -0.4 is 11.1 Å². The lowest BCUT2D eigenvalue weighted by molar-refractivity contribution is 0.570. The molecule has 0 saturated carbocycles. The molecule has 4 heteroatoms. The van der Waals surface area contributed by atoms with E-state index in [1.54, 1.807) is 12.1 Å². The van der Waals surface area contributed by atoms with E-state index < -0.39 is 0 Å². The average molecular weight is 256 g/mol. The number of nitrogens with one attached hydrogen (secondary N) is 1. The van der Waals surface area contributed by atoms with Crippen LogP contribution in [0.15, 0.2) is 18.2 Å². The Balaban J connectivity index is 2.72. The molecule has 0 amide bonds. The lowest BCUT2D eigenvalue weighted by Crippen LogP contribution is -2.32. The van der Waals surface area contributed by atoms with Gasteiger partial charge in [0.1, 0.15) is 5.82 Å². The number of hydrogen-bond acceptors (Lipinski definition) is 3. The summed E-state index contributed by atoms with van der Waals surface area (Å²) in [5.74, 6) is -0.285. The average Bonchev–Trinajstić information content (AvgIpc) is 2.33. The molecule has 0 bridgehead atoms. The number of hydrogen-bond donors (Lipinski definition) is 2. The van der Waals surface area contributed by atoms with Gasteiger partial charge in [-0.15, -0.1) is 0 Å². The molecule has 0 aromatic heterocycles. The summed E-state index contributed by atoms with van der Waals surface area (Å²) in [6.07, 6.45) is 4.23. The maximum absolute atomic E-state index is 13.6. The Morgan fingerprint density at radius 2 is 2.00 bits per heavy atom. The third-order valence-electron chi connectivity index (χ3n) is 3.32. The van der Waals surface area contributed by atoms with Gasteiger partial charge in [-0.25, -0.2) is 4.39 Å². The molecule has 0 heterocycles. The molecule has 0 fully saturated rings. The van der Waals surface area contributed by atoms with E-state index in [4.69, 9.17) is 5.73 Å². The zero-order valence-corrected chi connectivity index (χ0v) is 11.5. The van der Waals surface area contributed by atoms with Crippen molar-refractivity contribution in [3.63, 3.8) is 0 Å². The van der Waals surface area contributed by atoms with Crippen molar-refractivity contribution in [2.45, 2.75) is 31.4 Å². The summed E-state index contributed by atoms with van der Waals surface area (Å²) in [6, 6.07) is 4.76. The number of nitrogens with two attached hydrogens (primary N) is 1. The van der Waals surface area contributed by atoms with Crippen molar-refractivity contribution < 1.29 is 4.39 Å². The fourth-order valence-corrected chi connectivity index (χ4v) is 2.59. The molecule has 1 aromatic carbocycles. The van der Waals surface area contributed by atoms with Crippen molar-refractivity contribution in [2.24, 2.45) is 0 Å². The molecule has 0 aliphatic rings. The highest BCUT2D eigenvalue weighted by atomic mass is 32.2. The Morgan fingerprint density at radius 1 is 1.35 bits per heavy atom. The predicted molar refractivity (Wildman–Crippen MR) is 76.1 cm³/mol. The van der Waals surface area contributed by atoms with Gasteiger partial charge >= 0.3 is 0 Å². The van der Waals surface area contributed by atoms with E-state index in [0.717, 1.165) is 19.4 Å². The van der Waals surface area contributed by atoms with Gasteiger partial charge in [0.05, 0.1) is 5.69 Å². The summed E-state index contributed by atoms with van der Waals surface area (Å²) in [6.45, 7) is 5.10. The van der Waals surface area contributed by atoms with E-state index in [-0.39, 0.29) is 10.6 Å². The Bertz CT molecular complexity index is 356. The molecule has 17 heavy (non-hydrogen) atoms. The quantitative estimate of drug-likeness (QED) is 0.761. The first-order valence-electron chi connectivity index (χ1n) is 5.91. The molecule has 2 nitrogen and oxygen atoms in total. The molecule has 1 aromatic rings. The molecule has 96 valence electrons. The summed E-state index contributed by atoms with van der Waals surface area (Å²) in [5.41, 5.74) is 6.50. The largest absolute Gasteiger partial charge is 0.399 e. The van der Waals surface area contributed by atoms with Crippen LogP contribution in [0.1, 0.15) is 26.7 Å². The first-order chi connectivity index (χ1) is 8.06. The number of thioether (sulfide) groups is 1. The van der Waals surface area contributed by atoms with E-state index in [9.17, 15) is 4.39 Å². The van der Waals surface area contributed by atoms with Crippen LogP contribution >= 0.6 is 11.8 Å². The van der Waals surface area contributed by atoms with Crippen LogP contribution in [0.4, 0.5) is 15.8 Å². The number of halogens is 1. The molecular formula is C13H21FN2S. The van der Waals surface area contributed by atoms with Crippen LogP contribution in [0.2, 0.25) is 0 Å². The van der Waals surface area contributed by atoms with E-state index in [0.29, 0.717) is 11.4 Å². The Labute approximate surface area is 107 Å². The van der Waals surface area contributed by atoms with Gasteiger partial charge < -0.3 is 11.1 Å². The second kappa shape index (κ2) is 6.15. The number of benzene rings is 1. The van der Waals surface area contributed by atoms with Crippen LogP contribution in [-0.4, -0.2) is 17.5 Å². The summed E-state index contributed by atoms with van der Waals surface area (Å²) in [5, 5.41) is 3.18. The van der Waals surface area contributed by atoms with Crippen molar-refractivity contribution in [1.82, 2.24) is 0 Å². The second-order valence-electron chi connectivity index (χ2n) is 4.19. The summed E-state index contributed by atoms with van der Waals surface area (Å²) in [4.78, 5) is 0. The van der Waals surface area contributed by atoms with E-state index in [1.807, 2.05) is 11.8 Å². The molecule has 0 aliphatic carbocycles. The molecular weight excluding hydrogens is 235 g/mol. The first kappa shape index (κ1) is 14.2. The van der Waals surface area contributed by atoms with Crippen molar-refractivity contribution in [2.75, 3.05) is 23.9 Å². The van der Waals surface area contributed by atoms with Crippen LogP contribution in [-0.2, 0) is 0 Å². The third-order valence-corrected chi connectivity index (χ3v) is 4.90. The number of nitrogen functional groups attached to an aromatic ring is 1. The lowest BCUT2D eigenvalue weighted by atomic mass is 10.0. The first-order valence-corrected chi connectivity index (χ1v) is 7.13. The molecule has 0 unspecified atom stereocenters. The maximum atomic E-state index is 13.6. The molecule has 3 N–H and O–H groups in total. The highest BCUT2D eigenvalue weighted by Gasteiger charge is 2.24. The van der Waals surface area contributed by atoms with Gasteiger partial charge in [0.15, 0.2) is 0 Å². The van der Waals surface area contributed by atoms with Gasteiger partial charge in [-0.3, -0.25) is 0 Å². The van der Waals surface area contributed by atoms with Crippen LogP contribution in [0, 0.1) is 5.82 Å².